The van der Waals surface area contributed by atoms with Crippen molar-refractivity contribution in [1.29, 1.82) is 0 Å². The Labute approximate surface area is 99.8 Å². The molecule has 17 heavy (non-hydrogen) atoms. The number of hydrogen-bond acceptors (Lipinski definition) is 5. The summed E-state index contributed by atoms with van der Waals surface area (Å²) in [6.07, 6.45) is 0.603. The first-order chi connectivity index (χ1) is 7.84. The fourth-order valence-corrected chi connectivity index (χ4v) is 0.504. The van der Waals surface area contributed by atoms with Gasteiger partial charge in [-0.05, 0) is 6.92 Å². The van der Waals surface area contributed by atoms with E-state index in [-0.39, 0.29) is 25.2 Å². The zero-order valence-electron chi connectivity index (χ0n) is 9.76. The minimum Gasteiger partial charge on any atom is -0.478 e. The molecule has 0 heterocycles. The maximum absolute atomic E-state index is 10.3. The summed E-state index contributed by atoms with van der Waals surface area (Å²) in [6.45, 7) is 7.79. The Balaban J connectivity index is 0. The molecule has 0 amide bonds. The van der Waals surface area contributed by atoms with Crippen LogP contribution in [-0.2, 0) is 14.3 Å². The first-order valence-electron chi connectivity index (χ1n) is 4.84. The molecule has 0 spiro atoms. The van der Waals surface area contributed by atoms with E-state index in [2.05, 4.69) is 17.9 Å². The van der Waals surface area contributed by atoms with Crippen molar-refractivity contribution >= 4 is 11.9 Å². The van der Waals surface area contributed by atoms with E-state index in [0.717, 1.165) is 6.08 Å². The third-order valence-corrected chi connectivity index (χ3v) is 1.35. The normalized spacial score (nSPS) is 10.5. The molecule has 0 fully saturated rings. The minimum absolute atomic E-state index is 0.0326. The summed E-state index contributed by atoms with van der Waals surface area (Å²) in [6, 6.07) is 0. The number of esters is 1. The van der Waals surface area contributed by atoms with E-state index >= 15 is 0 Å². The number of aliphatic hydroxyl groups is 2. The summed E-state index contributed by atoms with van der Waals surface area (Å²) >= 11 is 0. The Morgan fingerprint density at radius 1 is 1.47 bits per heavy atom. The second-order valence-electron chi connectivity index (χ2n) is 3.07. The maximum Gasteiger partial charge on any atom is 0.331 e. The zero-order chi connectivity index (χ0) is 13.8. The largest absolute Gasteiger partial charge is 0.478 e. The van der Waals surface area contributed by atoms with Crippen molar-refractivity contribution in [2.24, 2.45) is 0 Å². The highest BCUT2D eigenvalue weighted by atomic mass is 16.5. The molecule has 0 radical (unpaired) electrons. The predicted octanol–water partition coefficient (Wildman–Crippen LogP) is 0.106. The van der Waals surface area contributed by atoms with Crippen LogP contribution in [0.25, 0.3) is 0 Å². The predicted molar refractivity (Wildman–Crippen MR) is 61.3 cm³/mol. The van der Waals surface area contributed by atoms with Crippen molar-refractivity contribution < 1.29 is 29.6 Å². The highest BCUT2D eigenvalue weighted by molar-refractivity contribution is 5.85. The summed E-state index contributed by atoms with van der Waals surface area (Å²) < 4.78 is 4.45. The van der Waals surface area contributed by atoms with Gasteiger partial charge in [0.1, 0.15) is 6.61 Å². The lowest BCUT2D eigenvalue weighted by Gasteiger charge is -2.02. The molecule has 0 saturated carbocycles. The van der Waals surface area contributed by atoms with Gasteiger partial charge in [0.25, 0.3) is 0 Å². The number of carboxylic acids is 1. The quantitative estimate of drug-likeness (QED) is 0.454. The van der Waals surface area contributed by atoms with Crippen LogP contribution >= 0.6 is 0 Å². The van der Waals surface area contributed by atoms with E-state index in [4.69, 9.17) is 15.3 Å². The van der Waals surface area contributed by atoms with E-state index in [1.54, 1.807) is 0 Å². The van der Waals surface area contributed by atoms with Crippen LogP contribution in [0, 0.1) is 0 Å². The van der Waals surface area contributed by atoms with Crippen molar-refractivity contribution in [2.45, 2.75) is 19.4 Å². The van der Waals surface area contributed by atoms with Crippen molar-refractivity contribution in [3.63, 3.8) is 0 Å². The van der Waals surface area contributed by atoms with Crippen molar-refractivity contribution in [2.75, 3.05) is 13.2 Å². The zero-order valence-corrected chi connectivity index (χ0v) is 9.76. The molecule has 1 atom stereocenters. The molecule has 98 valence electrons. The number of carbonyl (C=O) groups excluding carboxylic acids is 1. The van der Waals surface area contributed by atoms with Gasteiger partial charge in [0.05, 0.1) is 6.10 Å². The second kappa shape index (κ2) is 10.8. The summed E-state index contributed by atoms with van der Waals surface area (Å²) in [4.78, 5) is 20.1. The first-order valence-corrected chi connectivity index (χ1v) is 4.84. The van der Waals surface area contributed by atoms with Crippen molar-refractivity contribution in [3.8, 4) is 0 Å². The van der Waals surface area contributed by atoms with E-state index in [1.165, 1.54) is 6.92 Å². The molecule has 0 saturated heterocycles. The van der Waals surface area contributed by atoms with Gasteiger partial charge in [0.2, 0.25) is 0 Å². The van der Waals surface area contributed by atoms with Gasteiger partial charge < -0.3 is 20.1 Å². The lowest BCUT2D eigenvalue weighted by atomic mass is 10.2. The van der Waals surface area contributed by atoms with E-state index in [0.29, 0.717) is 0 Å². The first kappa shape index (κ1) is 17.7. The molecule has 0 aliphatic rings. The van der Waals surface area contributed by atoms with E-state index in [9.17, 15) is 9.59 Å². The van der Waals surface area contributed by atoms with Gasteiger partial charge in [-0.25, -0.2) is 9.59 Å². The standard InChI is InChI=1S/C6H10O3.C5H8O3/c1-3-6(8)9-4-5(2)7;1-4(2-3-6)5(7)8/h3,5,7H,1,4H2,2H3;6H,1-3H2,(H,7,8). The van der Waals surface area contributed by atoms with Crippen LogP contribution in [0.1, 0.15) is 13.3 Å². The Morgan fingerprint density at radius 2 is 2.00 bits per heavy atom. The fraction of sp³-hybridized carbons (Fsp3) is 0.455. The number of rotatable bonds is 6. The van der Waals surface area contributed by atoms with Gasteiger partial charge in [-0.3, -0.25) is 0 Å². The van der Waals surface area contributed by atoms with Gasteiger partial charge in [-0.1, -0.05) is 13.2 Å². The molecule has 1 unspecified atom stereocenters. The van der Waals surface area contributed by atoms with Crippen LogP contribution in [0.15, 0.2) is 24.8 Å². The van der Waals surface area contributed by atoms with E-state index in [1.807, 2.05) is 0 Å². The molecule has 0 aromatic heterocycles. The van der Waals surface area contributed by atoms with Gasteiger partial charge in [-0.2, -0.15) is 0 Å². The van der Waals surface area contributed by atoms with Crippen molar-refractivity contribution in [3.05, 3.63) is 24.8 Å². The molecule has 0 aliphatic carbocycles. The average molecular weight is 246 g/mol. The van der Waals surface area contributed by atoms with Crippen molar-refractivity contribution in [1.82, 2.24) is 0 Å². The monoisotopic (exact) mass is 246 g/mol. The van der Waals surface area contributed by atoms with Gasteiger partial charge in [-0.15, -0.1) is 0 Å². The van der Waals surface area contributed by atoms with Crippen LogP contribution in [0.3, 0.4) is 0 Å². The number of hydrogen-bond donors (Lipinski definition) is 3. The third kappa shape index (κ3) is 14.3. The van der Waals surface area contributed by atoms with Gasteiger partial charge in [0.15, 0.2) is 0 Å². The van der Waals surface area contributed by atoms with Crippen LogP contribution in [0.4, 0.5) is 0 Å². The lowest BCUT2D eigenvalue weighted by molar-refractivity contribution is -0.140. The third-order valence-electron chi connectivity index (χ3n) is 1.35. The minimum atomic E-state index is -1.04. The Hall–Kier alpha value is -1.66. The highest BCUT2D eigenvalue weighted by Gasteiger charge is 2.00. The number of carboxylic acid groups (broad SMARTS) is 1. The van der Waals surface area contributed by atoms with Crippen LogP contribution < -0.4 is 0 Å². The van der Waals surface area contributed by atoms with Gasteiger partial charge >= 0.3 is 11.9 Å². The number of ether oxygens (including phenoxy) is 1. The van der Waals surface area contributed by atoms with E-state index < -0.39 is 18.0 Å². The SMILES string of the molecule is C=C(CCO)C(=O)O.C=CC(=O)OCC(C)O. The summed E-state index contributed by atoms with van der Waals surface area (Å²) in [5, 5.41) is 24.8. The maximum atomic E-state index is 10.3. The molecular formula is C11H18O6. The van der Waals surface area contributed by atoms with Crippen LogP contribution in [-0.4, -0.2) is 46.6 Å². The highest BCUT2D eigenvalue weighted by Crippen LogP contribution is 1.94. The molecule has 3 N–H and O–H groups in total. The van der Waals surface area contributed by atoms with Gasteiger partial charge in [0, 0.05) is 24.7 Å². The summed E-state index contributed by atoms with van der Waals surface area (Å²) in [5.74, 6) is -1.55. The summed E-state index contributed by atoms with van der Waals surface area (Å²) in [7, 11) is 0. The van der Waals surface area contributed by atoms with Crippen LogP contribution in [0.2, 0.25) is 0 Å². The molecule has 0 bridgehead atoms. The molecule has 0 aliphatic heterocycles. The van der Waals surface area contributed by atoms with Crippen LogP contribution in [0.5, 0.6) is 0 Å². The lowest BCUT2D eigenvalue weighted by Crippen LogP contribution is -2.13. The molecule has 0 aromatic carbocycles. The molecule has 6 nitrogen and oxygen atoms in total. The topological polar surface area (TPSA) is 104 Å². The number of carbonyl (C=O) groups is 2. The Kier molecular flexibility index (Phi) is 11.3. The summed E-state index contributed by atoms with van der Waals surface area (Å²) in [5.41, 5.74) is 0.0486. The smallest absolute Gasteiger partial charge is 0.331 e. The fourth-order valence-electron chi connectivity index (χ4n) is 0.504. The number of aliphatic carboxylic acids is 1. The second-order valence-corrected chi connectivity index (χ2v) is 3.07. The molecular weight excluding hydrogens is 228 g/mol. The Morgan fingerprint density at radius 3 is 2.24 bits per heavy atom. The average Bonchev–Trinajstić information content (AvgIpc) is 2.26. The molecule has 0 rings (SSSR count). The number of aliphatic hydroxyl groups excluding tert-OH is 2. The molecule has 0 aromatic rings. The molecule has 6 heteroatoms. The Bertz CT molecular complexity index is 269.